The van der Waals surface area contributed by atoms with Gasteiger partial charge in [0.05, 0.1) is 0 Å². The molecule has 0 aliphatic rings. The second-order valence-electron chi connectivity index (χ2n) is 4.47. The molecule has 0 heterocycles. The van der Waals surface area contributed by atoms with E-state index in [1.807, 2.05) is 6.07 Å². The Morgan fingerprint density at radius 2 is 1.87 bits per heavy atom. The molecule has 2 rings (SSSR count). The summed E-state index contributed by atoms with van der Waals surface area (Å²) in [5.74, 6) is -0.338. The van der Waals surface area contributed by atoms with Crippen molar-refractivity contribution in [3.05, 3.63) is 57.7 Å². The molecule has 0 atom stereocenters. The van der Waals surface area contributed by atoms with Crippen molar-refractivity contribution in [1.82, 2.24) is 5.32 Å². The van der Waals surface area contributed by atoms with Gasteiger partial charge in [0.2, 0.25) is 0 Å². The first-order valence-corrected chi connectivity index (χ1v) is 7.55. The van der Waals surface area contributed by atoms with Gasteiger partial charge in [-0.15, -0.1) is 13.2 Å². The van der Waals surface area contributed by atoms with Crippen molar-refractivity contribution in [2.45, 2.75) is 12.9 Å². The summed E-state index contributed by atoms with van der Waals surface area (Å²) in [6.07, 6.45) is -4.78. The quantitative estimate of drug-likeness (QED) is 0.694. The summed E-state index contributed by atoms with van der Waals surface area (Å²) in [6, 6.07) is 12.2. The smallest absolute Gasteiger partial charge is 0.405 e. The molecule has 0 aliphatic heterocycles. The van der Waals surface area contributed by atoms with Crippen LogP contribution in [0.25, 0.3) is 0 Å². The zero-order valence-corrected chi connectivity index (χ0v) is 13.8. The number of urea groups is 1. The lowest BCUT2D eigenvalue weighted by atomic mass is 10.2. The molecular formula is C15H12F3IN2O2. The molecule has 23 heavy (non-hydrogen) atoms. The molecule has 4 nitrogen and oxygen atoms in total. The fourth-order valence-electron chi connectivity index (χ4n) is 1.79. The van der Waals surface area contributed by atoms with Crippen LogP contribution in [-0.4, -0.2) is 12.4 Å². The summed E-state index contributed by atoms with van der Waals surface area (Å²) in [6.45, 7) is -0.0952. The minimum absolute atomic E-state index is 0.0952. The van der Waals surface area contributed by atoms with Crippen LogP contribution in [0.4, 0.5) is 23.7 Å². The van der Waals surface area contributed by atoms with Gasteiger partial charge < -0.3 is 15.4 Å². The molecule has 0 bridgehead atoms. The maximum atomic E-state index is 12.3. The van der Waals surface area contributed by atoms with E-state index >= 15 is 0 Å². The number of hydrogen-bond donors (Lipinski definition) is 2. The number of halogens is 4. The lowest BCUT2D eigenvalue weighted by Gasteiger charge is -2.14. The summed E-state index contributed by atoms with van der Waals surface area (Å²) in [5, 5.41) is 5.10. The van der Waals surface area contributed by atoms with Gasteiger partial charge in [0.25, 0.3) is 0 Å². The molecule has 0 radical (unpaired) electrons. The number of hydrogen-bond acceptors (Lipinski definition) is 2. The van der Waals surface area contributed by atoms with Gasteiger partial charge in [-0.1, -0.05) is 24.3 Å². The topological polar surface area (TPSA) is 50.4 Å². The highest BCUT2D eigenvalue weighted by Gasteiger charge is 2.31. The Morgan fingerprint density at radius 1 is 1.13 bits per heavy atom. The van der Waals surface area contributed by atoms with Crippen LogP contribution in [0.15, 0.2) is 48.5 Å². The number of carbonyl (C=O) groups is 1. The molecule has 0 fully saturated rings. The number of nitrogens with one attached hydrogen (secondary N) is 2. The normalized spacial score (nSPS) is 11.0. The molecule has 0 saturated heterocycles. The monoisotopic (exact) mass is 436 g/mol. The summed E-state index contributed by atoms with van der Waals surface area (Å²) < 4.78 is 41.8. The first-order chi connectivity index (χ1) is 10.8. The van der Waals surface area contributed by atoms with E-state index in [9.17, 15) is 18.0 Å². The van der Waals surface area contributed by atoms with Gasteiger partial charge in [0.1, 0.15) is 5.75 Å². The van der Waals surface area contributed by atoms with Crippen molar-refractivity contribution in [3.63, 3.8) is 0 Å². The molecule has 0 aliphatic carbocycles. The number of carbonyl (C=O) groups excluding carboxylic acids is 1. The van der Waals surface area contributed by atoms with E-state index in [4.69, 9.17) is 0 Å². The Kier molecular flexibility index (Phi) is 5.69. The summed E-state index contributed by atoms with van der Waals surface area (Å²) in [4.78, 5) is 11.8. The summed E-state index contributed by atoms with van der Waals surface area (Å²) in [7, 11) is 0. The van der Waals surface area contributed by atoms with E-state index in [0.29, 0.717) is 5.69 Å². The third-order valence-electron chi connectivity index (χ3n) is 2.72. The summed E-state index contributed by atoms with van der Waals surface area (Å²) >= 11 is 2.10. The van der Waals surface area contributed by atoms with Crippen LogP contribution < -0.4 is 15.4 Å². The lowest BCUT2D eigenvalue weighted by molar-refractivity contribution is -0.274. The molecule has 0 aromatic heterocycles. The molecule has 122 valence electrons. The average Bonchev–Trinajstić information content (AvgIpc) is 2.45. The zero-order chi connectivity index (χ0) is 16.9. The summed E-state index contributed by atoms with van der Waals surface area (Å²) in [5.41, 5.74) is 0.817. The predicted molar refractivity (Wildman–Crippen MR) is 88.1 cm³/mol. The van der Waals surface area contributed by atoms with Crippen LogP contribution in [-0.2, 0) is 6.54 Å². The Bertz CT molecular complexity index is 692. The first-order valence-electron chi connectivity index (χ1n) is 6.47. The van der Waals surface area contributed by atoms with Gasteiger partial charge in [0, 0.05) is 21.4 Å². The molecular weight excluding hydrogens is 424 g/mol. The second kappa shape index (κ2) is 7.53. The van der Waals surface area contributed by atoms with Crippen molar-refractivity contribution in [3.8, 4) is 5.75 Å². The highest BCUT2D eigenvalue weighted by molar-refractivity contribution is 14.1. The van der Waals surface area contributed by atoms with E-state index in [1.54, 1.807) is 24.3 Å². The van der Waals surface area contributed by atoms with E-state index in [0.717, 1.165) is 3.57 Å². The maximum absolute atomic E-state index is 12.3. The Balaban J connectivity index is 1.97. The van der Waals surface area contributed by atoms with Crippen LogP contribution in [0.3, 0.4) is 0 Å². The average molecular weight is 436 g/mol. The van der Waals surface area contributed by atoms with Gasteiger partial charge >= 0.3 is 12.4 Å². The zero-order valence-electron chi connectivity index (χ0n) is 11.7. The van der Waals surface area contributed by atoms with Crippen molar-refractivity contribution in [2.24, 2.45) is 0 Å². The number of ether oxygens (including phenoxy) is 1. The van der Waals surface area contributed by atoms with Gasteiger partial charge in [-0.3, -0.25) is 0 Å². The van der Waals surface area contributed by atoms with Crippen LogP contribution in [0, 0.1) is 3.57 Å². The molecule has 0 saturated carbocycles. The maximum Gasteiger partial charge on any atom is 0.573 e. The first kappa shape index (κ1) is 17.4. The highest BCUT2D eigenvalue weighted by Crippen LogP contribution is 2.26. The lowest BCUT2D eigenvalue weighted by Crippen LogP contribution is -2.28. The van der Waals surface area contributed by atoms with E-state index in [-0.39, 0.29) is 17.9 Å². The van der Waals surface area contributed by atoms with Crippen molar-refractivity contribution >= 4 is 34.3 Å². The fourth-order valence-corrected chi connectivity index (χ4v) is 2.33. The van der Waals surface area contributed by atoms with Crippen LogP contribution in [0.1, 0.15) is 5.56 Å². The predicted octanol–water partition coefficient (Wildman–Crippen LogP) is 4.51. The minimum Gasteiger partial charge on any atom is -0.405 e. The Labute approximate surface area is 144 Å². The fraction of sp³-hybridized carbons (Fsp3) is 0.133. The molecule has 2 aromatic rings. The third-order valence-corrected chi connectivity index (χ3v) is 3.39. The number of benzene rings is 2. The second-order valence-corrected chi connectivity index (χ2v) is 5.72. The SMILES string of the molecule is O=C(NCc1ccccc1OC(F)(F)F)Nc1cccc(I)c1. The number of rotatable bonds is 4. The molecule has 2 aromatic carbocycles. The van der Waals surface area contributed by atoms with E-state index in [1.165, 1.54) is 18.2 Å². The van der Waals surface area contributed by atoms with Crippen LogP contribution in [0.5, 0.6) is 5.75 Å². The minimum atomic E-state index is -4.78. The number of para-hydroxylation sites is 1. The number of anilines is 1. The molecule has 0 spiro atoms. The van der Waals surface area contributed by atoms with Crippen molar-refractivity contribution in [2.75, 3.05) is 5.32 Å². The van der Waals surface area contributed by atoms with E-state index in [2.05, 4.69) is 38.0 Å². The van der Waals surface area contributed by atoms with Crippen molar-refractivity contribution < 1.29 is 22.7 Å². The van der Waals surface area contributed by atoms with Crippen LogP contribution in [0.2, 0.25) is 0 Å². The van der Waals surface area contributed by atoms with Gasteiger partial charge in [-0.25, -0.2) is 4.79 Å². The third kappa shape index (κ3) is 5.97. The van der Waals surface area contributed by atoms with Gasteiger partial charge in [-0.05, 0) is 46.9 Å². The molecule has 2 amide bonds. The largest absolute Gasteiger partial charge is 0.573 e. The number of amides is 2. The van der Waals surface area contributed by atoms with Gasteiger partial charge in [-0.2, -0.15) is 0 Å². The molecule has 8 heteroatoms. The standard InChI is InChI=1S/C15H12F3IN2O2/c16-15(17,18)23-13-7-2-1-4-10(13)9-20-14(22)21-12-6-3-5-11(19)8-12/h1-8H,9H2,(H2,20,21,22). The van der Waals surface area contributed by atoms with Gasteiger partial charge in [0.15, 0.2) is 0 Å². The van der Waals surface area contributed by atoms with Crippen LogP contribution >= 0.6 is 22.6 Å². The van der Waals surface area contributed by atoms with Crippen molar-refractivity contribution in [1.29, 1.82) is 0 Å². The van der Waals surface area contributed by atoms with E-state index < -0.39 is 12.4 Å². The highest BCUT2D eigenvalue weighted by atomic mass is 127. The molecule has 2 N–H and O–H groups in total. The number of alkyl halides is 3. The Morgan fingerprint density at radius 3 is 2.57 bits per heavy atom. The Hall–Kier alpha value is -1.97. The molecule has 0 unspecified atom stereocenters.